The molecular formula is C15H25N5O. The second kappa shape index (κ2) is 5.75. The Bertz CT molecular complexity index is 522. The Balaban J connectivity index is 1.65. The average Bonchev–Trinajstić information content (AvgIpc) is 3.12. The highest BCUT2D eigenvalue weighted by atomic mass is 16.2. The van der Waals surface area contributed by atoms with Crippen LogP contribution in [0.5, 0.6) is 0 Å². The third kappa shape index (κ3) is 3.10. The van der Waals surface area contributed by atoms with Gasteiger partial charge in [0.2, 0.25) is 5.91 Å². The Labute approximate surface area is 126 Å². The Morgan fingerprint density at radius 1 is 1.33 bits per heavy atom. The van der Waals surface area contributed by atoms with Crippen molar-refractivity contribution in [3.63, 3.8) is 0 Å². The van der Waals surface area contributed by atoms with Gasteiger partial charge in [0.15, 0.2) is 0 Å². The zero-order chi connectivity index (χ0) is 15.0. The van der Waals surface area contributed by atoms with Gasteiger partial charge in [-0.1, -0.05) is 0 Å². The fraction of sp³-hybridized carbons (Fsp3) is 0.800. The van der Waals surface area contributed by atoms with Gasteiger partial charge in [-0.3, -0.25) is 9.69 Å². The van der Waals surface area contributed by atoms with E-state index in [0.717, 1.165) is 31.3 Å². The summed E-state index contributed by atoms with van der Waals surface area (Å²) in [4.78, 5) is 16.4. The summed E-state index contributed by atoms with van der Waals surface area (Å²) in [6.45, 7) is 6.47. The van der Waals surface area contributed by atoms with E-state index in [1.54, 1.807) is 6.92 Å². The fourth-order valence-corrected chi connectivity index (χ4v) is 3.23. The first-order chi connectivity index (χ1) is 10.1. The molecule has 0 bridgehead atoms. The Morgan fingerprint density at radius 3 is 2.67 bits per heavy atom. The van der Waals surface area contributed by atoms with Gasteiger partial charge in [0.25, 0.3) is 0 Å². The van der Waals surface area contributed by atoms with Gasteiger partial charge in [0, 0.05) is 32.6 Å². The molecule has 21 heavy (non-hydrogen) atoms. The van der Waals surface area contributed by atoms with Gasteiger partial charge in [-0.05, 0) is 39.2 Å². The average molecular weight is 291 g/mol. The molecule has 2 aliphatic rings. The predicted octanol–water partition coefficient (Wildman–Crippen LogP) is 1.10. The number of rotatable bonds is 5. The molecule has 0 unspecified atom stereocenters. The normalized spacial score (nSPS) is 22.7. The van der Waals surface area contributed by atoms with Crippen molar-refractivity contribution in [1.29, 1.82) is 0 Å². The molecule has 1 aromatic heterocycles. The number of nitrogens with zero attached hydrogens (tertiary/aromatic N) is 5. The summed E-state index contributed by atoms with van der Waals surface area (Å²) in [6.07, 6.45) is 4.73. The lowest BCUT2D eigenvalue weighted by Gasteiger charge is -2.30. The zero-order valence-electron chi connectivity index (χ0n) is 13.2. The van der Waals surface area contributed by atoms with E-state index in [-0.39, 0.29) is 5.91 Å². The third-order valence-corrected chi connectivity index (χ3v) is 4.83. The number of hydrogen-bond donors (Lipinski definition) is 0. The Kier molecular flexibility index (Phi) is 3.97. The first-order valence-electron chi connectivity index (χ1n) is 7.92. The van der Waals surface area contributed by atoms with Crippen molar-refractivity contribution in [2.75, 3.05) is 13.1 Å². The summed E-state index contributed by atoms with van der Waals surface area (Å²) in [5.41, 5.74) is 0. The molecule has 2 heterocycles. The SMILES string of the molecule is CC(=O)N(C[C@@H]1CCCN1Cc1nnc(C)n1C)C1CC1. The van der Waals surface area contributed by atoms with Gasteiger partial charge in [0.05, 0.1) is 6.54 Å². The fourth-order valence-electron chi connectivity index (χ4n) is 3.23. The smallest absolute Gasteiger partial charge is 0.219 e. The quantitative estimate of drug-likeness (QED) is 0.815. The van der Waals surface area contributed by atoms with Gasteiger partial charge in [-0.2, -0.15) is 0 Å². The van der Waals surface area contributed by atoms with Gasteiger partial charge < -0.3 is 9.47 Å². The standard InChI is InChI=1S/C15H25N5O/c1-11-16-17-15(18(11)3)10-19-8-4-5-14(19)9-20(12(2)21)13-6-7-13/h13-14H,4-10H2,1-3H3/t14-/m0/s1. The zero-order valence-corrected chi connectivity index (χ0v) is 13.2. The lowest BCUT2D eigenvalue weighted by Crippen LogP contribution is -2.43. The lowest BCUT2D eigenvalue weighted by atomic mass is 10.2. The van der Waals surface area contributed by atoms with E-state index in [1.807, 2.05) is 14.0 Å². The molecule has 3 rings (SSSR count). The molecule has 1 aromatic rings. The number of aromatic nitrogens is 3. The Hall–Kier alpha value is -1.43. The highest BCUT2D eigenvalue weighted by Gasteiger charge is 2.35. The first kappa shape index (κ1) is 14.5. The van der Waals surface area contributed by atoms with Crippen LogP contribution in [0, 0.1) is 6.92 Å². The van der Waals surface area contributed by atoms with Crippen LogP contribution in [-0.2, 0) is 18.4 Å². The molecule has 116 valence electrons. The summed E-state index contributed by atoms with van der Waals surface area (Å²) in [5, 5.41) is 8.40. The molecular weight excluding hydrogens is 266 g/mol. The maximum atomic E-state index is 11.8. The molecule has 2 fully saturated rings. The molecule has 0 radical (unpaired) electrons. The van der Waals surface area contributed by atoms with Crippen LogP contribution in [0.4, 0.5) is 0 Å². The van der Waals surface area contributed by atoms with E-state index < -0.39 is 0 Å². The maximum Gasteiger partial charge on any atom is 0.219 e. The molecule has 1 aliphatic heterocycles. The number of carbonyl (C=O) groups excluding carboxylic acids is 1. The van der Waals surface area contributed by atoms with Crippen LogP contribution >= 0.6 is 0 Å². The second-order valence-electron chi connectivity index (χ2n) is 6.39. The van der Waals surface area contributed by atoms with Gasteiger partial charge in [-0.15, -0.1) is 10.2 Å². The van der Waals surface area contributed by atoms with Gasteiger partial charge in [-0.25, -0.2) is 0 Å². The van der Waals surface area contributed by atoms with E-state index in [2.05, 4.69) is 24.6 Å². The topological polar surface area (TPSA) is 54.3 Å². The van der Waals surface area contributed by atoms with Crippen molar-refractivity contribution in [3.05, 3.63) is 11.6 Å². The molecule has 0 spiro atoms. The van der Waals surface area contributed by atoms with Gasteiger partial charge in [0.1, 0.15) is 11.6 Å². The molecule has 1 saturated carbocycles. The molecule has 6 nitrogen and oxygen atoms in total. The number of hydrogen-bond acceptors (Lipinski definition) is 4. The molecule has 6 heteroatoms. The van der Waals surface area contributed by atoms with E-state index in [4.69, 9.17) is 0 Å². The highest BCUT2D eigenvalue weighted by molar-refractivity contribution is 5.74. The highest BCUT2D eigenvalue weighted by Crippen LogP contribution is 2.29. The number of carbonyl (C=O) groups is 1. The van der Waals surface area contributed by atoms with Crippen LogP contribution in [0.2, 0.25) is 0 Å². The van der Waals surface area contributed by atoms with Crippen molar-refractivity contribution in [1.82, 2.24) is 24.6 Å². The largest absolute Gasteiger partial charge is 0.338 e. The maximum absolute atomic E-state index is 11.8. The van der Waals surface area contributed by atoms with Crippen LogP contribution in [-0.4, -0.2) is 55.6 Å². The monoisotopic (exact) mass is 291 g/mol. The van der Waals surface area contributed by atoms with E-state index in [9.17, 15) is 4.79 Å². The summed E-state index contributed by atoms with van der Waals surface area (Å²) in [7, 11) is 2.02. The minimum Gasteiger partial charge on any atom is -0.338 e. The lowest BCUT2D eigenvalue weighted by molar-refractivity contribution is -0.130. The molecule has 1 aliphatic carbocycles. The van der Waals surface area contributed by atoms with Crippen LogP contribution in [0.25, 0.3) is 0 Å². The first-order valence-corrected chi connectivity index (χ1v) is 7.92. The van der Waals surface area contributed by atoms with Crippen LogP contribution < -0.4 is 0 Å². The van der Waals surface area contributed by atoms with Crippen molar-refractivity contribution in [2.24, 2.45) is 7.05 Å². The molecule has 0 aromatic carbocycles. The van der Waals surface area contributed by atoms with E-state index >= 15 is 0 Å². The minimum atomic E-state index is 0.221. The number of likely N-dealkylation sites (tertiary alicyclic amines) is 1. The van der Waals surface area contributed by atoms with Crippen molar-refractivity contribution in [2.45, 2.75) is 58.2 Å². The van der Waals surface area contributed by atoms with E-state index in [1.165, 1.54) is 25.7 Å². The van der Waals surface area contributed by atoms with E-state index in [0.29, 0.717) is 12.1 Å². The minimum absolute atomic E-state index is 0.221. The van der Waals surface area contributed by atoms with Crippen LogP contribution in [0.3, 0.4) is 0 Å². The Morgan fingerprint density at radius 2 is 2.10 bits per heavy atom. The van der Waals surface area contributed by atoms with Crippen LogP contribution in [0.15, 0.2) is 0 Å². The van der Waals surface area contributed by atoms with Gasteiger partial charge >= 0.3 is 0 Å². The molecule has 1 amide bonds. The van der Waals surface area contributed by atoms with Crippen molar-refractivity contribution in [3.8, 4) is 0 Å². The second-order valence-corrected chi connectivity index (χ2v) is 6.39. The van der Waals surface area contributed by atoms with Crippen LogP contribution in [0.1, 0.15) is 44.3 Å². The number of amides is 1. The molecule has 0 N–H and O–H groups in total. The summed E-state index contributed by atoms with van der Waals surface area (Å²) >= 11 is 0. The predicted molar refractivity (Wildman–Crippen MR) is 79.6 cm³/mol. The molecule has 1 atom stereocenters. The molecule has 1 saturated heterocycles. The number of aryl methyl sites for hydroxylation is 1. The summed E-state index contributed by atoms with van der Waals surface area (Å²) in [5.74, 6) is 2.18. The summed E-state index contributed by atoms with van der Waals surface area (Å²) < 4.78 is 2.05. The van der Waals surface area contributed by atoms with Crippen molar-refractivity contribution < 1.29 is 4.79 Å². The summed E-state index contributed by atoms with van der Waals surface area (Å²) in [6, 6.07) is 0.966. The third-order valence-electron chi connectivity index (χ3n) is 4.83. The van der Waals surface area contributed by atoms with Crippen molar-refractivity contribution >= 4 is 5.91 Å².